The highest BCUT2D eigenvalue weighted by atomic mass is 16.6. The average Bonchev–Trinajstić information content (AvgIpc) is 2.07. The van der Waals surface area contributed by atoms with Crippen LogP contribution in [0.4, 0.5) is 0 Å². The maximum absolute atomic E-state index is 4.79. The van der Waals surface area contributed by atoms with Crippen LogP contribution in [0.25, 0.3) is 0 Å². The third-order valence-corrected chi connectivity index (χ3v) is 1.13. The van der Waals surface area contributed by atoms with Crippen LogP contribution in [-0.4, -0.2) is 12.8 Å². The van der Waals surface area contributed by atoms with Crippen molar-refractivity contribution in [2.24, 2.45) is 5.16 Å². The van der Waals surface area contributed by atoms with Crippen molar-refractivity contribution < 1.29 is 4.84 Å². The topological polar surface area (TPSA) is 21.6 Å². The molecule has 0 saturated carbocycles. The van der Waals surface area contributed by atoms with Crippen molar-refractivity contribution in [2.45, 2.75) is 6.92 Å². The predicted octanol–water partition coefficient (Wildman–Crippen LogP) is 1.86. The van der Waals surface area contributed by atoms with E-state index in [-0.39, 0.29) is 0 Å². The molecule has 0 aliphatic rings. The van der Waals surface area contributed by atoms with E-state index in [4.69, 9.17) is 4.84 Å². The molecule has 0 unspecified atom stereocenters. The summed E-state index contributed by atoms with van der Waals surface area (Å²) < 4.78 is 0. The lowest BCUT2D eigenvalue weighted by Gasteiger charge is -1.90. The van der Waals surface area contributed by atoms with E-state index in [1.54, 1.807) is 6.21 Å². The zero-order chi connectivity index (χ0) is 7.94. The van der Waals surface area contributed by atoms with Gasteiger partial charge in [0.15, 0.2) is 0 Å². The first-order valence-corrected chi connectivity index (χ1v) is 3.55. The molecule has 0 heterocycles. The van der Waals surface area contributed by atoms with Gasteiger partial charge in [-0.2, -0.15) is 0 Å². The highest BCUT2D eigenvalue weighted by Crippen LogP contribution is 1.92. The van der Waals surface area contributed by atoms with Crippen molar-refractivity contribution in [3.05, 3.63) is 35.9 Å². The van der Waals surface area contributed by atoms with Gasteiger partial charge in [-0.3, -0.25) is 0 Å². The van der Waals surface area contributed by atoms with E-state index in [0.717, 1.165) is 5.56 Å². The van der Waals surface area contributed by atoms with Gasteiger partial charge >= 0.3 is 0 Å². The molecule has 0 fully saturated rings. The average molecular weight is 148 g/mol. The number of hydrogen-bond acceptors (Lipinski definition) is 2. The molecule has 0 N–H and O–H groups in total. The molecule has 1 rings (SSSR count). The Morgan fingerprint density at radius 2 is 2.55 bits per heavy atom. The molecule has 1 aromatic carbocycles. The Bertz CT molecular complexity index is 218. The Kier molecular flexibility index (Phi) is 3.19. The normalized spacial score (nSPS) is 10.3. The van der Waals surface area contributed by atoms with Crippen LogP contribution in [0.5, 0.6) is 0 Å². The number of benzene rings is 1. The molecule has 0 amide bonds. The predicted molar refractivity (Wildman–Crippen MR) is 44.5 cm³/mol. The van der Waals surface area contributed by atoms with Gasteiger partial charge in [-0.1, -0.05) is 29.4 Å². The van der Waals surface area contributed by atoms with Gasteiger partial charge in [0.25, 0.3) is 0 Å². The molecule has 2 heteroatoms. The summed E-state index contributed by atoms with van der Waals surface area (Å²) in [6.45, 7) is 2.50. The maximum Gasteiger partial charge on any atom is 0.114 e. The molecule has 1 aromatic rings. The summed E-state index contributed by atoms with van der Waals surface area (Å²) in [7, 11) is 0. The third kappa shape index (κ3) is 2.85. The SMILES string of the molecule is CCON=Cc1[c]cccc1. The Balaban J connectivity index is 2.50. The first-order valence-electron chi connectivity index (χ1n) is 3.55. The lowest BCUT2D eigenvalue weighted by Crippen LogP contribution is -1.83. The second-order valence-electron chi connectivity index (χ2n) is 1.97. The fourth-order valence-corrected chi connectivity index (χ4v) is 0.656. The Hall–Kier alpha value is -1.31. The van der Waals surface area contributed by atoms with E-state index >= 15 is 0 Å². The van der Waals surface area contributed by atoms with Crippen molar-refractivity contribution in [1.29, 1.82) is 0 Å². The van der Waals surface area contributed by atoms with Crippen LogP contribution < -0.4 is 0 Å². The minimum absolute atomic E-state index is 0.601. The monoisotopic (exact) mass is 148 g/mol. The van der Waals surface area contributed by atoms with E-state index < -0.39 is 0 Å². The number of oxime groups is 1. The smallest absolute Gasteiger partial charge is 0.114 e. The van der Waals surface area contributed by atoms with Crippen molar-refractivity contribution in [3.63, 3.8) is 0 Å². The van der Waals surface area contributed by atoms with Gasteiger partial charge < -0.3 is 4.84 Å². The lowest BCUT2D eigenvalue weighted by atomic mass is 10.2. The Labute approximate surface area is 66.5 Å². The van der Waals surface area contributed by atoms with Gasteiger partial charge in [0, 0.05) is 5.56 Å². The van der Waals surface area contributed by atoms with Crippen LogP contribution in [0.2, 0.25) is 0 Å². The van der Waals surface area contributed by atoms with Crippen molar-refractivity contribution in [1.82, 2.24) is 0 Å². The second-order valence-corrected chi connectivity index (χ2v) is 1.97. The summed E-state index contributed by atoms with van der Waals surface area (Å²) >= 11 is 0. The highest BCUT2D eigenvalue weighted by molar-refractivity contribution is 5.78. The molecule has 57 valence electrons. The molecular formula is C9H10NO. The van der Waals surface area contributed by atoms with Gasteiger partial charge in [0.2, 0.25) is 0 Å². The molecule has 0 bridgehead atoms. The third-order valence-electron chi connectivity index (χ3n) is 1.13. The molecule has 0 aliphatic carbocycles. The summed E-state index contributed by atoms with van der Waals surface area (Å²) in [6, 6.07) is 10.6. The van der Waals surface area contributed by atoms with E-state index in [9.17, 15) is 0 Å². The molecule has 0 spiro atoms. The molecule has 0 aromatic heterocycles. The summed E-state index contributed by atoms with van der Waals surface area (Å²) in [4.78, 5) is 4.79. The van der Waals surface area contributed by atoms with E-state index in [1.807, 2.05) is 31.2 Å². The van der Waals surface area contributed by atoms with Crippen molar-refractivity contribution in [3.8, 4) is 0 Å². The highest BCUT2D eigenvalue weighted by Gasteiger charge is 1.82. The first kappa shape index (κ1) is 7.79. The summed E-state index contributed by atoms with van der Waals surface area (Å²) in [6.07, 6.45) is 1.64. The van der Waals surface area contributed by atoms with Crippen LogP contribution in [0.3, 0.4) is 0 Å². The van der Waals surface area contributed by atoms with Gasteiger partial charge in [-0.05, 0) is 13.0 Å². The molecule has 11 heavy (non-hydrogen) atoms. The first-order chi connectivity index (χ1) is 5.43. The van der Waals surface area contributed by atoms with Gasteiger partial charge in [-0.25, -0.2) is 0 Å². The minimum Gasteiger partial charge on any atom is -0.396 e. The van der Waals surface area contributed by atoms with Crippen LogP contribution in [-0.2, 0) is 4.84 Å². The van der Waals surface area contributed by atoms with Crippen molar-refractivity contribution in [2.75, 3.05) is 6.61 Å². The molecule has 2 nitrogen and oxygen atoms in total. The zero-order valence-electron chi connectivity index (χ0n) is 6.45. The van der Waals surface area contributed by atoms with E-state index in [1.165, 1.54) is 0 Å². The molecular weight excluding hydrogens is 138 g/mol. The largest absolute Gasteiger partial charge is 0.396 e. The lowest BCUT2D eigenvalue weighted by molar-refractivity contribution is 0.160. The molecule has 0 aliphatic heterocycles. The van der Waals surface area contributed by atoms with Crippen LogP contribution in [0.15, 0.2) is 29.4 Å². The van der Waals surface area contributed by atoms with Crippen molar-refractivity contribution >= 4 is 6.21 Å². The van der Waals surface area contributed by atoms with Crippen LogP contribution in [0.1, 0.15) is 12.5 Å². The Morgan fingerprint density at radius 3 is 3.18 bits per heavy atom. The molecule has 0 saturated heterocycles. The fourth-order valence-electron chi connectivity index (χ4n) is 0.656. The van der Waals surface area contributed by atoms with Gasteiger partial charge in [0.1, 0.15) is 6.61 Å². The van der Waals surface area contributed by atoms with E-state index in [0.29, 0.717) is 6.61 Å². The molecule has 0 atom stereocenters. The summed E-state index contributed by atoms with van der Waals surface area (Å²) in [5.74, 6) is 0. The fraction of sp³-hybridized carbons (Fsp3) is 0.222. The zero-order valence-corrected chi connectivity index (χ0v) is 6.45. The number of nitrogens with zero attached hydrogens (tertiary/aromatic N) is 1. The Morgan fingerprint density at radius 1 is 1.64 bits per heavy atom. The maximum atomic E-state index is 4.79. The van der Waals surface area contributed by atoms with Crippen LogP contribution in [0, 0.1) is 6.07 Å². The number of rotatable bonds is 3. The molecule has 1 radical (unpaired) electrons. The summed E-state index contributed by atoms with van der Waals surface area (Å²) in [5, 5.41) is 3.70. The van der Waals surface area contributed by atoms with E-state index in [2.05, 4.69) is 11.2 Å². The second kappa shape index (κ2) is 4.50. The quantitative estimate of drug-likeness (QED) is 0.473. The van der Waals surface area contributed by atoms with Gasteiger partial charge in [0.05, 0.1) is 6.21 Å². The van der Waals surface area contributed by atoms with Crippen LogP contribution >= 0.6 is 0 Å². The number of hydrogen-bond donors (Lipinski definition) is 0. The standard InChI is InChI=1S/C9H10NO/c1-2-11-10-8-9-6-4-3-5-7-9/h3-6,8H,2H2,1H3. The van der Waals surface area contributed by atoms with Gasteiger partial charge in [-0.15, -0.1) is 0 Å². The minimum atomic E-state index is 0.601. The summed E-state index contributed by atoms with van der Waals surface area (Å²) in [5.41, 5.74) is 0.931.